The van der Waals surface area contributed by atoms with E-state index in [1.807, 2.05) is 0 Å². The zero-order valence-corrected chi connectivity index (χ0v) is 23.1. The summed E-state index contributed by atoms with van der Waals surface area (Å²) in [5.74, 6) is 4.00. The highest BCUT2D eigenvalue weighted by molar-refractivity contribution is 5.79. The van der Waals surface area contributed by atoms with Gasteiger partial charge in [-0.2, -0.15) is 0 Å². The molecule has 5 nitrogen and oxygen atoms in total. The van der Waals surface area contributed by atoms with Gasteiger partial charge in [0.15, 0.2) is 0 Å². The van der Waals surface area contributed by atoms with Crippen molar-refractivity contribution in [2.45, 2.75) is 129 Å². The number of carbonyl (C=O) groups is 2. The van der Waals surface area contributed by atoms with Gasteiger partial charge in [-0.15, -0.1) is 0 Å². The molecule has 0 unspecified atom stereocenters. The predicted molar refractivity (Wildman–Crippen MR) is 143 cm³/mol. The molecule has 3 N–H and O–H groups in total. The first-order chi connectivity index (χ1) is 17.3. The Morgan fingerprint density at radius 3 is 2.44 bits per heavy atom. The van der Waals surface area contributed by atoms with Gasteiger partial charge in [0.05, 0.1) is 12.7 Å². The molecule has 0 saturated heterocycles. The van der Waals surface area contributed by atoms with Crippen molar-refractivity contribution in [2.75, 3.05) is 13.2 Å². The molecular weight excluding hydrogens is 450 g/mol. The van der Waals surface area contributed by atoms with Crippen LogP contribution in [0.15, 0.2) is 0 Å². The monoisotopic (exact) mass is 503 g/mol. The second-order valence-electron chi connectivity index (χ2n) is 13.5. The van der Waals surface area contributed by atoms with Crippen LogP contribution < -0.4 is 5.32 Å². The molecule has 0 bridgehead atoms. The Bertz CT molecular complexity index is 755. The van der Waals surface area contributed by atoms with E-state index in [9.17, 15) is 14.7 Å². The van der Waals surface area contributed by atoms with Gasteiger partial charge in [0.1, 0.15) is 5.78 Å². The topological polar surface area (TPSA) is 86.6 Å². The lowest BCUT2D eigenvalue weighted by Gasteiger charge is -2.62. The molecule has 4 rings (SSSR count). The van der Waals surface area contributed by atoms with Crippen LogP contribution in [-0.2, 0) is 9.59 Å². The van der Waals surface area contributed by atoms with Crippen LogP contribution in [0, 0.1) is 40.4 Å². The van der Waals surface area contributed by atoms with Gasteiger partial charge in [-0.1, -0.05) is 58.8 Å². The zero-order chi connectivity index (χ0) is 25.8. The Morgan fingerprint density at radius 1 is 0.972 bits per heavy atom. The fraction of sp³-hybridized carbons (Fsp3) is 0.935. The summed E-state index contributed by atoms with van der Waals surface area (Å²) in [5.41, 5.74) is 0.419. The average molecular weight is 504 g/mol. The van der Waals surface area contributed by atoms with Gasteiger partial charge >= 0.3 is 0 Å². The van der Waals surface area contributed by atoms with Crippen LogP contribution in [0.25, 0.3) is 0 Å². The third-order valence-corrected chi connectivity index (χ3v) is 11.4. The van der Waals surface area contributed by atoms with Crippen LogP contribution in [0.2, 0.25) is 0 Å². The molecule has 0 aliphatic heterocycles. The van der Waals surface area contributed by atoms with Crippen molar-refractivity contribution in [3.8, 4) is 0 Å². The van der Waals surface area contributed by atoms with E-state index in [2.05, 4.69) is 19.2 Å². The van der Waals surface area contributed by atoms with Crippen LogP contribution in [-0.4, -0.2) is 41.2 Å². The van der Waals surface area contributed by atoms with Crippen molar-refractivity contribution in [1.29, 1.82) is 0 Å². The van der Waals surface area contributed by atoms with E-state index in [0.29, 0.717) is 41.9 Å². The van der Waals surface area contributed by atoms with E-state index < -0.39 is 0 Å². The summed E-state index contributed by atoms with van der Waals surface area (Å²) < 4.78 is 0. The van der Waals surface area contributed by atoms with Crippen molar-refractivity contribution in [2.24, 2.45) is 40.4 Å². The fourth-order valence-corrected chi connectivity index (χ4v) is 9.56. The van der Waals surface area contributed by atoms with Crippen LogP contribution >= 0.6 is 0 Å². The summed E-state index contributed by atoms with van der Waals surface area (Å²) in [6.07, 6.45) is 18.6. The van der Waals surface area contributed by atoms with Crippen molar-refractivity contribution in [3.05, 3.63) is 0 Å². The van der Waals surface area contributed by atoms with E-state index in [1.165, 1.54) is 64.2 Å². The molecule has 206 valence electrons. The maximum atomic E-state index is 12.3. The number of hydrogen-bond donors (Lipinski definition) is 3. The molecule has 0 heterocycles. The van der Waals surface area contributed by atoms with E-state index in [4.69, 9.17) is 5.11 Å². The highest BCUT2D eigenvalue weighted by atomic mass is 16.3. The molecular formula is C31H53NO4. The van der Waals surface area contributed by atoms with Gasteiger partial charge < -0.3 is 15.5 Å². The number of fused-ring (bicyclic) bond motifs is 5. The average Bonchev–Trinajstić information content (AvgIpc) is 3.15. The maximum absolute atomic E-state index is 12.3. The molecule has 4 aliphatic carbocycles. The molecule has 0 aromatic heterocycles. The summed E-state index contributed by atoms with van der Waals surface area (Å²) in [4.78, 5) is 23.9. The smallest absolute Gasteiger partial charge is 0.220 e. The summed E-state index contributed by atoms with van der Waals surface area (Å²) in [6, 6.07) is 0. The highest BCUT2D eigenvalue weighted by Crippen LogP contribution is 2.68. The Morgan fingerprint density at radius 2 is 1.69 bits per heavy atom. The molecule has 0 radical (unpaired) electrons. The SMILES string of the molecule is C[C@]12CCC(=O)C[C@@H]1CC[C@@H]1[C@@H]2[C@@H](CCCCCCCCCC(=O)NCCO)C[C@]2(C)[C@@H](O)CC[C@@H]12. The number of amides is 1. The van der Waals surface area contributed by atoms with E-state index in [-0.39, 0.29) is 24.0 Å². The molecule has 36 heavy (non-hydrogen) atoms. The van der Waals surface area contributed by atoms with Crippen LogP contribution in [0.4, 0.5) is 0 Å². The van der Waals surface area contributed by atoms with E-state index in [0.717, 1.165) is 50.4 Å². The maximum Gasteiger partial charge on any atom is 0.220 e. The van der Waals surface area contributed by atoms with Gasteiger partial charge in [0.25, 0.3) is 0 Å². The number of unbranched alkanes of at least 4 members (excludes halogenated alkanes) is 6. The Kier molecular flexibility index (Phi) is 9.58. The van der Waals surface area contributed by atoms with Gasteiger partial charge in [-0.05, 0) is 85.4 Å². The molecule has 0 spiro atoms. The summed E-state index contributed by atoms with van der Waals surface area (Å²) in [6.45, 7) is 5.32. The highest BCUT2D eigenvalue weighted by Gasteiger charge is 2.62. The van der Waals surface area contributed by atoms with Gasteiger partial charge in [-0.25, -0.2) is 0 Å². The number of aliphatic hydroxyl groups is 2. The second-order valence-corrected chi connectivity index (χ2v) is 13.5. The largest absolute Gasteiger partial charge is 0.395 e. The van der Waals surface area contributed by atoms with Crippen molar-refractivity contribution in [3.63, 3.8) is 0 Å². The number of hydrogen-bond acceptors (Lipinski definition) is 4. The number of carbonyl (C=O) groups excluding carboxylic acids is 2. The first kappa shape index (κ1) is 28.1. The van der Waals surface area contributed by atoms with E-state index >= 15 is 0 Å². The molecule has 0 aromatic rings. The third kappa shape index (κ3) is 5.87. The minimum absolute atomic E-state index is 0.00784. The van der Waals surface area contributed by atoms with E-state index in [1.54, 1.807) is 0 Å². The molecule has 4 fully saturated rings. The standard InChI is InChI=1S/C31H53NO4/c1-30-17-16-24(34)20-23(30)12-13-25-26-14-15-27(35)31(26,2)21-22(29(25)30)10-8-6-4-3-5-7-9-11-28(36)32-18-19-33/h22-23,25-27,29,33,35H,3-21H2,1-2H3,(H,32,36)/t22-,23-,25-,26-,27-,29-,30-,31-/m0/s1. The fourth-order valence-electron chi connectivity index (χ4n) is 9.56. The Hall–Kier alpha value is -0.940. The third-order valence-electron chi connectivity index (χ3n) is 11.4. The van der Waals surface area contributed by atoms with Gasteiger partial charge in [-0.3, -0.25) is 9.59 Å². The molecule has 4 saturated carbocycles. The minimum atomic E-state index is -0.130. The number of Topliss-reactive ketones (excluding diaryl/α,β-unsaturated/α-hetero) is 1. The molecule has 5 heteroatoms. The molecule has 4 aliphatic rings. The quantitative estimate of drug-likeness (QED) is 0.294. The molecule has 1 amide bonds. The molecule has 0 aromatic carbocycles. The lowest BCUT2D eigenvalue weighted by atomic mass is 9.42. The second kappa shape index (κ2) is 12.3. The first-order valence-electron chi connectivity index (χ1n) is 15.4. The van der Waals surface area contributed by atoms with Crippen LogP contribution in [0.5, 0.6) is 0 Å². The number of aliphatic hydroxyl groups excluding tert-OH is 2. The summed E-state index contributed by atoms with van der Waals surface area (Å²) in [5, 5.41) is 22.5. The first-order valence-corrected chi connectivity index (χ1v) is 15.4. The Labute approximate surface area is 219 Å². The lowest BCUT2D eigenvalue weighted by molar-refractivity contribution is -0.159. The van der Waals surface area contributed by atoms with Crippen molar-refractivity contribution in [1.82, 2.24) is 5.32 Å². The van der Waals surface area contributed by atoms with Gasteiger partial charge in [0.2, 0.25) is 5.91 Å². The lowest BCUT2D eigenvalue weighted by Crippen LogP contribution is -2.57. The predicted octanol–water partition coefficient (Wildman–Crippen LogP) is 5.80. The van der Waals surface area contributed by atoms with Crippen molar-refractivity contribution < 1.29 is 19.8 Å². The number of nitrogens with one attached hydrogen (secondary N) is 1. The Balaban J connectivity index is 1.27. The zero-order valence-electron chi connectivity index (χ0n) is 23.1. The molecule has 8 atom stereocenters. The van der Waals surface area contributed by atoms with Crippen LogP contribution in [0.3, 0.4) is 0 Å². The van der Waals surface area contributed by atoms with Crippen molar-refractivity contribution >= 4 is 11.7 Å². The minimum Gasteiger partial charge on any atom is -0.395 e. The summed E-state index contributed by atoms with van der Waals surface area (Å²) in [7, 11) is 0. The van der Waals surface area contributed by atoms with Crippen LogP contribution in [0.1, 0.15) is 123 Å². The summed E-state index contributed by atoms with van der Waals surface area (Å²) >= 11 is 0. The number of rotatable bonds is 12. The van der Waals surface area contributed by atoms with Gasteiger partial charge in [0, 0.05) is 25.8 Å². The normalized spacial score (nSPS) is 39.8. The number of ketones is 1.